The van der Waals surface area contributed by atoms with E-state index in [-0.39, 0.29) is 0 Å². The molecule has 0 saturated carbocycles. The number of fused-ring (bicyclic) bond motifs is 1. The zero-order valence-corrected chi connectivity index (χ0v) is 9.62. The van der Waals surface area contributed by atoms with Crippen LogP contribution >= 0.6 is 0 Å². The van der Waals surface area contributed by atoms with E-state index in [1.807, 2.05) is 0 Å². The van der Waals surface area contributed by atoms with E-state index in [0.29, 0.717) is 0 Å². The molecule has 0 N–H and O–H groups in total. The second-order valence-electron chi connectivity index (χ2n) is 4.20. The summed E-state index contributed by atoms with van der Waals surface area (Å²) in [4.78, 5) is 2.51. The van der Waals surface area contributed by atoms with E-state index >= 15 is 0 Å². The predicted octanol–water partition coefficient (Wildman–Crippen LogP) is 2.81. The van der Waals surface area contributed by atoms with Crippen LogP contribution in [0.1, 0.15) is 30.9 Å². The van der Waals surface area contributed by atoms with Crippen LogP contribution in [0.5, 0.6) is 5.75 Å². The molecule has 0 atom stereocenters. The van der Waals surface area contributed by atoms with Crippen LogP contribution in [-0.2, 0) is 13.1 Å². The Kier molecular flexibility index (Phi) is 3.27. The van der Waals surface area contributed by atoms with E-state index in [0.717, 1.165) is 18.8 Å². The summed E-state index contributed by atoms with van der Waals surface area (Å²) in [5.41, 5.74) is 2.90. The smallest absolute Gasteiger partial charge is 0.119 e. The van der Waals surface area contributed by atoms with Crippen molar-refractivity contribution in [1.29, 1.82) is 0 Å². The second kappa shape index (κ2) is 4.67. The fourth-order valence-corrected chi connectivity index (χ4v) is 2.11. The summed E-state index contributed by atoms with van der Waals surface area (Å²) in [7, 11) is 1.73. The third-order valence-corrected chi connectivity index (χ3v) is 3.03. The van der Waals surface area contributed by atoms with Gasteiger partial charge in [-0.15, -0.1) is 0 Å². The highest BCUT2D eigenvalue weighted by Gasteiger charge is 2.18. The monoisotopic (exact) mass is 205 g/mol. The molecule has 1 heterocycles. The molecule has 82 valence electrons. The fourth-order valence-electron chi connectivity index (χ4n) is 2.11. The molecule has 0 bridgehead atoms. The van der Waals surface area contributed by atoms with Crippen molar-refractivity contribution in [3.63, 3.8) is 0 Å². The van der Waals surface area contributed by atoms with Gasteiger partial charge in [0.05, 0.1) is 7.11 Å². The number of hydrogen-bond acceptors (Lipinski definition) is 2. The van der Waals surface area contributed by atoms with Crippen LogP contribution in [0.15, 0.2) is 18.2 Å². The lowest BCUT2D eigenvalue weighted by Gasteiger charge is -2.13. The molecule has 0 amide bonds. The Balaban J connectivity index is 2.03. The lowest BCUT2D eigenvalue weighted by atomic mass is 10.1. The summed E-state index contributed by atoms with van der Waals surface area (Å²) < 4.78 is 5.24. The summed E-state index contributed by atoms with van der Waals surface area (Å²) in [6.45, 7) is 5.66. The van der Waals surface area contributed by atoms with Crippen LogP contribution in [-0.4, -0.2) is 18.6 Å². The second-order valence-corrected chi connectivity index (χ2v) is 4.20. The van der Waals surface area contributed by atoms with Crippen LogP contribution in [0.25, 0.3) is 0 Å². The topological polar surface area (TPSA) is 12.5 Å². The lowest BCUT2D eigenvalue weighted by molar-refractivity contribution is 0.279. The fraction of sp³-hybridized carbons (Fsp3) is 0.538. The highest BCUT2D eigenvalue weighted by Crippen LogP contribution is 2.26. The predicted molar refractivity (Wildman–Crippen MR) is 62.0 cm³/mol. The summed E-state index contributed by atoms with van der Waals surface area (Å²) in [5.74, 6) is 0.978. The van der Waals surface area contributed by atoms with Crippen molar-refractivity contribution in [3.8, 4) is 5.75 Å². The maximum Gasteiger partial charge on any atom is 0.119 e. The van der Waals surface area contributed by atoms with E-state index in [1.54, 1.807) is 7.11 Å². The molecule has 2 nitrogen and oxygen atoms in total. The van der Waals surface area contributed by atoms with Gasteiger partial charge < -0.3 is 4.74 Å². The first kappa shape index (κ1) is 10.5. The minimum absolute atomic E-state index is 0.978. The summed E-state index contributed by atoms with van der Waals surface area (Å²) in [6.07, 6.45) is 2.57. The molecule has 2 heteroatoms. The van der Waals surface area contributed by atoms with Crippen LogP contribution in [0.2, 0.25) is 0 Å². The van der Waals surface area contributed by atoms with E-state index in [4.69, 9.17) is 4.74 Å². The molecule has 0 unspecified atom stereocenters. The molecule has 1 aromatic rings. The third kappa shape index (κ3) is 2.32. The van der Waals surface area contributed by atoms with E-state index in [9.17, 15) is 0 Å². The molecule has 0 saturated heterocycles. The van der Waals surface area contributed by atoms with Crippen LogP contribution in [0.4, 0.5) is 0 Å². The lowest BCUT2D eigenvalue weighted by Crippen LogP contribution is -2.17. The Morgan fingerprint density at radius 3 is 2.80 bits per heavy atom. The van der Waals surface area contributed by atoms with Crippen molar-refractivity contribution in [1.82, 2.24) is 4.90 Å². The Hall–Kier alpha value is -1.02. The average Bonchev–Trinajstić information content (AvgIpc) is 2.67. The largest absolute Gasteiger partial charge is 0.497 e. The molecular formula is C13H19NO. The van der Waals surface area contributed by atoms with Gasteiger partial charge in [0, 0.05) is 13.1 Å². The SMILES string of the molecule is CCCCN1Cc2ccc(OC)cc2C1. The van der Waals surface area contributed by atoms with Gasteiger partial charge in [-0.2, -0.15) is 0 Å². The highest BCUT2D eigenvalue weighted by atomic mass is 16.5. The first-order valence-electron chi connectivity index (χ1n) is 5.71. The van der Waals surface area contributed by atoms with Crippen molar-refractivity contribution in [2.24, 2.45) is 0 Å². The Morgan fingerprint density at radius 2 is 2.07 bits per heavy atom. The Bertz CT molecular complexity index is 335. The maximum atomic E-state index is 5.24. The summed E-state index contributed by atoms with van der Waals surface area (Å²) >= 11 is 0. The quantitative estimate of drug-likeness (QED) is 0.749. The van der Waals surface area contributed by atoms with Gasteiger partial charge in [-0.3, -0.25) is 4.90 Å². The minimum Gasteiger partial charge on any atom is -0.497 e. The normalized spacial score (nSPS) is 15.3. The summed E-state index contributed by atoms with van der Waals surface area (Å²) in [6, 6.07) is 6.42. The van der Waals surface area contributed by atoms with Crippen molar-refractivity contribution in [3.05, 3.63) is 29.3 Å². The van der Waals surface area contributed by atoms with Crippen LogP contribution < -0.4 is 4.74 Å². The minimum atomic E-state index is 0.978. The van der Waals surface area contributed by atoms with Crippen LogP contribution in [0, 0.1) is 0 Å². The zero-order chi connectivity index (χ0) is 10.7. The summed E-state index contributed by atoms with van der Waals surface area (Å²) in [5, 5.41) is 0. The van der Waals surface area contributed by atoms with Gasteiger partial charge in [0.1, 0.15) is 5.75 Å². The average molecular weight is 205 g/mol. The number of unbranched alkanes of at least 4 members (excludes halogenated alkanes) is 1. The van der Waals surface area contributed by atoms with Gasteiger partial charge in [0.25, 0.3) is 0 Å². The molecule has 0 spiro atoms. The first-order chi connectivity index (χ1) is 7.33. The highest BCUT2D eigenvalue weighted by molar-refractivity contribution is 5.37. The van der Waals surface area contributed by atoms with E-state index in [2.05, 4.69) is 30.0 Å². The molecule has 1 aliphatic heterocycles. The molecular weight excluding hydrogens is 186 g/mol. The zero-order valence-electron chi connectivity index (χ0n) is 9.62. The van der Waals surface area contributed by atoms with Crippen molar-refractivity contribution < 1.29 is 4.74 Å². The molecule has 0 aromatic heterocycles. The van der Waals surface area contributed by atoms with Gasteiger partial charge in [-0.1, -0.05) is 19.4 Å². The van der Waals surface area contributed by atoms with Crippen molar-refractivity contribution >= 4 is 0 Å². The molecule has 0 radical (unpaired) electrons. The van der Waals surface area contributed by atoms with Gasteiger partial charge in [0.2, 0.25) is 0 Å². The Labute approximate surface area is 91.9 Å². The molecule has 1 aromatic carbocycles. The molecule has 1 aliphatic rings. The van der Waals surface area contributed by atoms with Gasteiger partial charge in [-0.25, -0.2) is 0 Å². The van der Waals surface area contributed by atoms with Crippen LogP contribution in [0.3, 0.4) is 0 Å². The van der Waals surface area contributed by atoms with Gasteiger partial charge >= 0.3 is 0 Å². The molecule has 0 fully saturated rings. The number of ether oxygens (including phenoxy) is 1. The van der Waals surface area contributed by atoms with Crippen molar-refractivity contribution in [2.45, 2.75) is 32.9 Å². The molecule has 2 rings (SSSR count). The number of methoxy groups -OCH3 is 1. The van der Waals surface area contributed by atoms with E-state index < -0.39 is 0 Å². The molecule has 0 aliphatic carbocycles. The van der Waals surface area contributed by atoms with E-state index in [1.165, 1.54) is 30.5 Å². The third-order valence-electron chi connectivity index (χ3n) is 3.03. The van der Waals surface area contributed by atoms with Gasteiger partial charge in [0.15, 0.2) is 0 Å². The number of benzene rings is 1. The van der Waals surface area contributed by atoms with Crippen molar-refractivity contribution in [2.75, 3.05) is 13.7 Å². The number of nitrogens with zero attached hydrogens (tertiary/aromatic N) is 1. The Morgan fingerprint density at radius 1 is 1.27 bits per heavy atom. The maximum absolute atomic E-state index is 5.24. The number of rotatable bonds is 4. The van der Waals surface area contributed by atoms with Gasteiger partial charge in [-0.05, 0) is 36.2 Å². The standard InChI is InChI=1S/C13H19NO/c1-3-4-7-14-9-11-5-6-13(15-2)8-12(11)10-14/h5-6,8H,3-4,7,9-10H2,1-2H3. The molecule has 15 heavy (non-hydrogen) atoms. The first-order valence-corrected chi connectivity index (χ1v) is 5.71. The number of hydrogen-bond donors (Lipinski definition) is 0.